The second-order valence-electron chi connectivity index (χ2n) is 6.72. The largest absolute Gasteiger partial charge is 0.416 e. The number of rotatable bonds is 4. The Balaban J connectivity index is 0.000000492. The molecule has 34 heavy (non-hydrogen) atoms. The smallest absolute Gasteiger partial charge is 0.379 e. The van der Waals surface area contributed by atoms with Gasteiger partial charge in [0.2, 0.25) is 6.41 Å². The van der Waals surface area contributed by atoms with Crippen LogP contribution in [-0.4, -0.2) is 69.1 Å². The van der Waals surface area contributed by atoms with Crippen molar-refractivity contribution in [3.63, 3.8) is 0 Å². The Morgan fingerprint density at radius 3 is 2.35 bits per heavy atom. The van der Waals surface area contributed by atoms with E-state index in [-0.39, 0.29) is 12.5 Å². The topological polar surface area (TPSA) is 92.3 Å². The number of halogens is 4. The summed E-state index contributed by atoms with van der Waals surface area (Å²) in [4.78, 5) is 20.1. The van der Waals surface area contributed by atoms with Crippen molar-refractivity contribution in [1.29, 1.82) is 0 Å². The Bertz CT molecular complexity index is 786. The molecule has 2 saturated heterocycles. The highest BCUT2D eigenvalue weighted by Crippen LogP contribution is 2.29. The number of alkyl halides is 4. The average Bonchev–Trinajstić information content (AvgIpc) is 3.29. The molecule has 1 aromatic carbocycles. The summed E-state index contributed by atoms with van der Waals surface area (Å²) in [6.45, 7) is 14.3. The van der Waals surface area contributed by atoms with Gasteiger partial charge in [-0.25, -0.2) is 0 Å². The van der Waals surface area contributed by atoms with Gasteiger partial charge in [-0.3, -0.25) is 14.8 Å². The van der Waals surface area contributed by atoms with Crippen molar-refractivity contribution in [2.75, 3.05) is 45.4 Å². The van der Waals surface area contributed by atoms with Gasteiger partial charge in [-0.05, 0) is 25.3 Å². The van der Waals surface area contributed by atoms with Crippen molar-refractivity contribution in [2.24, 2.45) is 15.7 Å². The van der Waals surface area contributed by atoms with Crippen LogP contribution in [0.2, 0.25) is 0 Å². The number of nitrogens with one attached hydrogen (secondary N) is 1. The van der Waals surface area contributed by atoms with E-state index in [1.54, 1.807) is 11.0 Å². The van der Waals surface area contributed by atoms with E-state index in [2.05, 4.69) is 22.0 Å². The molecule has 11 heteroatoms. The van der Waals surface area contributed by atoms with Crippen molar-refractivity contribution in [1.82, 2.24) is 10.2 Å². The van der Waals surface area contributed by atoms with Crippen LogP contribution in [0.4, 0.5) is 13.2 Å². The van der Waals surface area contributed by atoms with Crippen molar-refractivity contribution in [2.45, 2.75) is 33.5 Å². The summed E-state index contributed by atoms with van der Waals surface area (Å²) in [5, 5.41) is 3.16. The number of ether oxygens (including phenoxy) is 1. The number of carbonyl (C=O) groups excluding carboxylic acids is 1. The summed E-state index contributed by atoms with van der Waals surface area (Å²) in [5.74, 6) is 0. The van der Waals surface area contributed by atoms with Gasteiger partial charge in [0.15, 0.2) is 0 Å². The summed E-state index contributed by atoms with van der Waals surface area (Å²) < 4.78 is 41.2. The molecule has 2 aliphatic heterocycles. The second kappa shape index (κ2) is 18.1. The zero-order valence-corrected chi connectivity index (χ0v) is 20.8. The van der Waals surface area contributed by atoms with Gasteiger partial charge >= 0.3 is 6.18 Å². The van der Waals surface area contributed by atoms with E-state index < -0.39 is 11.7 Å². The van der Waals surface area contributed by atoms with Gasteiger partial charge in [-0.1, -0.05) is 32.0 Å². The molecule has 3 rings (SSSR count). The summed E-state index contributed by atoms with van der Waals surface area (Å²) in [6, 6.07) is 5.20. The number of hydrogen-bond acceptors (Lipinski definition) is 6. The first-order chi connectivity index (χ1) is 16.3. The SMILES string of the molecule is C1COCCN1.C=N/C(C)=C1/CN(C=O)C/C1=N/CCl.CC.NCc1cccc(C(F)(F)F)c1. The molecule has 2 heterocycles. The molecule has 2 fully saturated rings. The minimum Gasteiger partial charge on any atom is -0.379 e. The van der Waals surface area contributed by atoms with Gasteiger partial charge < -0.3 is 20.7 Å². The predicted octanol–water partition coefficient (Wildman–Crippen LogP) is 3.87. The minimum absolute atomic E-state index is 0.129. The number of likely N-dealkylation sites (tertiary alicyclic amines) is 1. The van der Waals surface area contributed by atoms with E-state index in [9.17, 15) is 18.0 Å². The highest BCUT2D eigenvalue weighted by atomic mass is 35.5. The Morgan fingerprint density at radius 1 is 1.29 bits per heavy atom. The molecule has 0 saturated carbocycles. The van der Waals surface area contributed by atoms with Gasteiger partial charge in [0, 0.05) is 37.4 Å². The molecule has 1 amide bonds. The normalized spacial score (nSPS) is 17.9. The number of allylic oxidation sites excluding steroid dienone is 1. The Morgan fingerprint density at radius 2 is 1.94 bits per heavy atom. The first-order valence-electron chi connectivity index (χ1n) is 10.9. The molecular weight excluding hydrogens is 471 g/mol. The number of aliphatic imine (C=N–C) groups is 2. The van der Waals surface area contributed by atoms with Crippen molar-refractivity contribution < 1.29 is 22.7 Å². The third kappa shape index (κ3) is 12.3. The van der Waals surface area contributed by atoms with E-state index >= 15 is 0 Å². The third-order valence-electron chi connectivity index (χ3n) is 4.47. The fraction of sp³-hybridized carbons (Fsp3) is 0.522. The average molecular weight is 506 g/mol. The van der Waals surface area contributed by atoms with E-state index in [4.69, 9.17) is 22.1 Å². The molecule has 3 N–H and O–H groups in total. The predicted molar refractivity (Wildman–Crippen MR) is 132 cm³/mol. The van der Waals surface area contributed by atoms with Crippen molar-refractivity contribution >= 4 is 30.4 Å². The van der Waals surface area contributed by atoms with E-state index in [1.165, 1.54) is 6.07 Å². The quantitative estimate of drug-likeness (QED) is 0.281. The molecule has 7 nitrogen and oxygen atoms in total. The molecule has 2 aliphatic rings. The van der Waals surface area contributed by atoms with Gasteiger partial charge in [0.05, 0.1) is 31.0 Å². The lowest BCUT2D eigenvalue weighted by Gasteiger charge is -2.10. The number of benzene rings is 1. The molecule has 0 radical (unpaired) electrons. The molecule has 1 aromatic rings. The standard InChI is InChI=1S/C9H12ClN3O.C8H8F3N.C4H9NO.C2H6/c1-7(11-2)8-3-13(6-14)4-9(8)12-5-10;9-8(10,11)7-3-1-2-6(4-7)5-12;1-3-6-4-2-5-1;1-2/h6H,2-5H2,1H3;1-4H,5,12H2;5H,1-4H2;1-2H3/b8-7-,12-9-;;;. The maximum Gasteiger partial charge on any atom is 0.416 e. The maximum atomic E-state index is 12.1. The fourth-order valence-electron chi connectivity index (χ4n) is 2.74. The summed E-state index contributed by atoms with van der Waals surface area (Å²) in [5.41, 5.74) is 7.62. The number of carbonyl (C=O) groups is 1. The van der Waals surface area contributed by atoms with Crippen LogP contribution in [0.25, 0.3) is 0 Å². The number of amides is 1. The van der Waals surface area contributed by atoms with Crippen LogP contribution < -0.4 is 11.1 Å². The van der Waals surface area contributed by atoms with Gasteiger partial charge in [0.25, 0.3) is 0 Å². The fourth-order valence-corrected chi connectivity index (χ4v) is 2.88. The van der Waals surface area contributed by atoms with Crippen molar-refractivity contribution in [3.8, 4) is 0 Å². The first-order valence-corrected chi connectivity index (χ1v) is 11.4. The lowest BCUT2D eigenvalue weighted by Crippen LogP contribution is -2.30. The first kappa shape index (κ1) is 31.7. The van der Waals surface area contributed by atoms with Gasteiger partial charge in [-0.2, -0.15) is 13.2 Å². The van der Waals surface area contributed by atoms with Gasteiger partial charge in [0.1, 0.15) is 6.00 Å². The lowest BCUT2D eigenvalue weighted by atomic mass is 10.1. The number of hydrogen-bond donors (Lipinski definition) is 2. The lowest BCUT2D eigenvalue weighted by molar-refractivity contribution is -0.137. The molecule has 0 unspecified atom stereocenters. The summed E-state index contributed by atoms with van der Waals surface area (Å²) >= 11 is 5.52. The molecule has 0 aliphatic carbocycles. The van der Waals surface area contributed by atoms with Crippen LogP contribution >= 0.6 is 11.6 Å². The van der Waals surface area contributed by atoms with Crippen LogP contribution in [0.3, 0.4) is 0 Å². The Kier molecular flexibility index (Phi) is 16.9. The summed E-state index contributed by atoms with van der Waals surface area (Å²) in [7, 11) is 0. The van der Waals surface area contributed by atoms with Gasteiger partial charge in [-0.15, -0.1) is 11.6 Å². The minimum atomic E-state index is -4.27. The molecule has 0 bridgehead atoms. The number of nitrogens with zero attached hydrogens (tertiary/aromatic N) is 3. The zero-order chi connectivity index (χ0) is 26.0. The molecule has 0 spiro atoms. The van der Waals surface area contributed by atoms with E-state index in [0.717, 1.165) is 61.8 Å². The molecular formula is C23H35ClF3N5O2. The number of morpholine rings is 1. The van der Waals surface area contributed by atoms with Crippen LogP contribution in [-0.2, 0) is 22.3 Å². The van der Waals surface area contributed by atoms with E-state index in [1.807, 2.05) is 20.8 Å². The van der Waals surface area contributed by atoms with Crippen LogP contribution in [0.1, 0.15) is 31.9 Å². The third-order valence-corrected chi connectivity index (χ3v) is 4.59. The highest BCUT2D eigenvalue weighted by Gasteiger charge is 2.30. The van der Waals surface area contributed by atoms with Crippen LogP contribution in [0.15, 0.2) is 45.5 Å². The second-order valence-corrected chi connectivity index (χ2v) is 6.96. The highest BCUT2D eigenvalue weighted by molar-refractivity contribution is 6.19. The van der Waals surface area contributed by atoms with E-state index in [0.29, 0.717) is 18.7 Å². The van der Waals surface area contributed by atoms with Crippen LogP contribution in [0.5, 0.6) is 0 Å². The monoisotopic (exact) mass is 505 g/mol. The Hall–Kier alpha value is -2.27. The Labute approximate surface area is 204 Å². The maximum absolute atomic E-state index is 12.1. The molecule has 0 aromatic heterocycles. The zero-order valence-electron chi connectivity index (χ0n) is 20.0. The number of nitrogens with two attached hydrogens (primary N) is 1. The summed E-state index contributed by atoms with van der Waals surface area (Å²) in [6.07, 6.45) is -3.47. The van der Waals surface area contributed by atoms with Crippen molar-refractivity contribution in [3.05, 3.63) is 46.7 Å². The molecule has 0 atom stereocenters. The van der Waals surface area contributed by atoms with Crippen LogP contribution in [0, 0.1) is 0 Å². The molecule has 192 valence electrons.